The van der Waals surface area contributed by atoms with Crippen molar-refractivity contribution in [3.05, 3.63) is 72.3 Å². The van der Waals surface area contributed by atoms with Crippen molar-refractivity contribution in [1.29, 1.82) is 0 Å². The molecular weight excluding hydrogens is 482 g/mol. The van der Waals surface area contributed by atoms with Crippen molar-refractivity contribution < 1.29 is 22.7 Å². The Balaban J connectivity index is 1.66. The first-order valence-corrected chi connectivity index (χ1v) is 13.1. The number of nitrogens with zero attached hydrogens (tertiary/aromatic N) is 2. The second kappa shape index (κ2) is 11.6. The molecule has 0 aliphatic rings. The van der Waals surface area contributed by atoms with Crippen LogP contribution in [0, 0.1) is 0 Å². The summed E-state index contributed by atoms with van der Waals surface area (Å²) < 4.78 is 37.9. The minimum absolute atomic E-state index is 0.107. The van der Waals surface area contributed by atoms with E-state index in [2.05, 4.69) is 21.3 Å². The van der Waals surface area contributed by atoms with Gasteiger partial charge in [-0.1, -0.05) is 6.08 Å². The van der Waals surface area contributed by atoms with Crippen molar-refractivity contribution in [3.8, 4) is 11.5 Å². The van der Waals surface area contributed by atoms with Gasteiger partial charge >= 0.3 is 5.97 Å². The highest BCUT2D eigenvalue weighted by molar-refractivity contribution is 8.00. The monoisotopic (exact) mass is 503 g/mol. The maximum atomic E-state index is 12.4. The molecule has 0 bridgehead atoms. The normalized spacial score (nSPS) is 11.3. The average molecular weight is 504 g/mol. The fourth-order valence-corrected chi connectivity index (χ4v) is 4.83. The zero-order chi connectivity index (χ0) is 23.7. The highest BCUT2D eigenvalue weighted by Crippen LogP contribution is 2.28. The molecule has 1 aromatic heterocycles. The number of thioether (sulfide) groups is 1. The SMILES string of the molecule is C=CCSCC(=O)Oc1ccc(C=Nc2ccc(S(=O)(=O)Nc3nccs3)cc2)cc1OC. The number of carbonyl (C=O) groups excluding carboxylic acids is 1. The number of esters is 1. The van der Waals surface area contributed by atoms with Crippen LogP contribution >= 0.6 is 23.1 Å². The van der Waals surface area contributed by atoms with E-state index in [0.717, 1.165) is 5.56 Å². The Labute approximate surface area is 200 Å². The van der Waals surface area contributed by atoms with Crippen LogP contribution in [0.2, 0.25) is 0 Å². The van der Waals surface area contributed by atoms with E-state index in [1.165, 1.54) is 48.5 Å². The van der Waals surface area contributed by atoms with Crippen LogP contribution in [0.25, 0.3) is 0 Å². The molecule has 0 saturated carbocycles. The van der Waals surface area contributed by atoms with Gasteiger partial charge in [-0.2, -0.15) is 0 Å². The van der Waals surface area contributed by atoms with E-state index in [9.17, 15) is 13.2 Å². The van der Waals surface area contributed by atoms with E-state index in [4.69, 9.17) is 9.47 Å². The molecule has 172 valence electrons. The summed E-state index contributed by atoms with van der Waals surface area (Å²) in [6, 6.07) is 11.2. The largest absolute Gasteiger partial charge is 0.493 e. The molecule has 8 nitrogen and oxygen atoms in total. The lowest BCUT2D eigenvalue weighted by molar-refractivity contribution is -0.131. The molecule has 2 aromatic carbocycles. The summed E-state index contributed by atoms with van der Waals surface area (Å²) in [6.45, 7) is 3.61. The molecule has 0 atom stereocenters. The molecule has 33 heavy (non-hydrogen) atoms. The molecule has 3 rings (SSSR count). The third-order valence-electron chi connectivity index (χ3n) is 4.03. The van der Waals surface area contributed by atoms with Gasteiger partial charge in [-0.3, -0.25) is 14.5 Å². The van der Waals surface area contributed by atoms with Gasteiger partial charge in [0.1, 0.15) is 0 Å². The van der Waals surface area contributed by atoms with Crippen molar-refractivity contribution in [3.63, 3.8) is 0 Å². The van der Waals surface area contributed by atoms with Crippen molar-refractivity contribution >= 4 is 56.1 Å². The number of sulfonamides is 1. The molecule has 1 heterocycles. The zero-order valence-electron chi connectivity index (χ0n) is 17.6. The van der Waals surface area contributed by atoms with Gasteiger partial charge in [-0.15, -0.1) is 29.7 Å². The van der Waals surface area contributed by atoms with Gasteiger partial charge in [0.05, 0.1) is 23.4 Å². The minimum atomic E-state index is -3.72. The van der Waals surface area contributed by atoms with E-state index < -0.39 is 10.0 Å². The Hall–Kier alpha value is -3.15. The van der Waals surface area contributed by atoms with Gasteiger partial charge in [0.2, 0.25) is 0 Å². The number of nitrogens with one attached hydrogen (secondary N) is 1. The second-order valence-corrected chi connectivity index (χ2v) is 9.99. The van der Waals surface area contributed by atoms with E-state index >= 15 is 0 Å². The zero-order valence-corrected chi connectivity index (χ0v) is 20.1. The van der Waals surface area contributed by atoms with E-state index in [1.807, 2.05) is 0 Å². The molecule has 0 fully saturated rings. The summed E-state index contributed by atoms with van der Waals surface area (Å²) >= 11 is 2.60. The third-order valence-corrected chi connectivity index (χ3v) is 7.11. The Morgan fingerprint density at radius 1 is 1.24 bits per heavy atom. The van der Waals surface area contributed by atoms with Crippen molar-refractivity contribution in [2.24, 2.45) is 4.99 Å². The number of rotatable bonds is 11. The number of thiazole rings is 1. The van der Waals surface area contributed by atoms with Crippen LogP contribution in [0.5, 0.6) is 11.5 Å². The smallest absolute Gasteiger partial charge is 0.321 e. The number of hydrogen-bond donors (Lipinski definition) is 1. The molecule has 0 amide bonds. The Bertz CT molecular complexity index is 1220. The predicted octanol–water partition coefficient (Wildman–Crippen LogP) is 4.53. The van der Waals surface area contributed by atoms with Gasteiger partial charge in [0, 0.05) is 23.5 Å². The summed E-state index contributed by atoms with van der Waals surface area (Å²) in [6.07, 6.45) is 4.85. The fraction of sp³-hybridized carbons (Fsp3) is 0.136. The summed E-state index contributed by atoms with van der Waals surface area (Å²) in [5, 5.41) is 1.99. The summed E-state index contributed by atoms with van der Waals surface area (Å²) in [4.78, 5) is 20.3. The first-order chi connectivity index (χ1) is 15.9. The molecular formula is C22H21N3O5S3. The Morgan fingerprint density at radius 2 is 2.03 bits per heavy atom. The van der Waals surface area contributed by atoms with E-state index in [-0.39, 0.29) is 16.6 Å². The number of methoxy groups -OCH3 is 1. The number of ether oxygens (including phenoxy) is 2. The minimum Gasteiger partial charge on any atom is -0.493 e. The maximum Gasteiger partial charge on any atom is 0.321 e. The second-order valence-electron chi connectivity index (χ2n) is 6.38. The number of anilines is 1. The quantitative estimate of drug-likeness (QED) is 0.135. The van der Waals surface area contributed by atoms with Crippen LogP contribution in [-0.4, -0.2) is 44.2 Å². The van der Waals surface area contributed by atoms with Crippen molar-refractivity contribution in [1.82, 2.24) is 4.98 Å². The first kappa shape index (κ1) is 24.5. The van der Waals surface area contributed by atoms with Crippen molar-refractivity contribution in [2.75, 3.05) is 23.3 Å². The topological polar surface area (TPSA) is 107 Å². The number of aromatic nitrogens is 1. The highest BCUT2D eigenvalue weighted by atomic mass is 32.2. The number of hydrogen-bond acceptors (Lipinski definition) is 9. The van der Waals surface area contributed by atoms with Gasteiger partial charge in [-0.25, -0.2) is 13.4 Å². The van der Waals surface area contributed by atoms with Crippen LogP contribution in [0.3, 0.4) is 0 Å². The van der Waals surface area contributed by atoms with E-state index in [1.54, 1.807) is 48.0 Å². The lowest BCUT2D eigenvalue weighted by Gasteiger charge is -2.09. The molecule has 3 aromatic rings. The summed E-state index contributed by atoms with van der Waals surface area (Å²) in [5.74, 6) is 1.22. The van der Waals surface area contributed by atoms with Crippen LogP contribution in [0.1, 0.15) is 5.56 Å². The summed E-state index contributed by atoms with van der Waals surface area (Å²) in [5.41, 5.74) is 1.28. The van der Waals surface area contributed by atoms with Crippen LogP contribution in [-0.2, 0) is 14.8 Å². The van der Waals surface area contributed by atoms with Gasteiger partial charge < -0.3 is 9.47 Å². The molecule has 0 unspecified atom stereocenters. The maximum absolute atomic E-state index is 12.4. The number of benzene rings is 2. The van der Waals surface area contributed by atoms with E-state index in [0.29, 0.717) is 28.1 Å². The van der Waals surface area contributed by atoms with Gasteiger partial charge in [0.25, 0.3) is 10.0 Å². The number of aliphatic imine (C=N–C) groups is 1. The average Bonchev–Trinajstić information content (AvgIpc) is 3.31. The molecule has 0 saturated heterocycles. The summed E-state index contributed by atoms with van der Waals surface area (Å²) in [7, 11) is -2.23. The predicted molar refractivity (Wildman–Crippen MR) is 133 cm³/mol. The van der Waals surface area contributed by atoms with Gasteiger partial charge in [-0.05, 0) is 48.0 Å². The van der Waals surface area contributed by atoms with Crippen molar-refractivity contribution in [2.45, 2.75) is 4.90 Å². The molecule has 0 spiro atoms. The molecule has 11 heteroatoms. The molecule has 0 aliphatic carbocycles. The number of carbonyl (C=O) groups is 1. The Morgan fingerprint density at radius 3 is 2.70 bits per heavy atom. The molecule has 0 radical (unpaired) electrons. The first-order valence-electron chi connectivity index (χ1n) is 9.55. The third kappa shape index (κ3) is 7.17. The Kier molecular flexibility index (Phi) is 8.64. The van der Waals surface area contributed by atoms with Gasteiger partial charge in [0.15, 0.2) is 16.6 Å². The van der Waals surface area contributed by atoms with Crippen LogP contribution in [0.4, 0.5) is 10.8 Å². The molecule has 0 aliphatic heterocycles. The highest BCUT2D eigenvalue weighted by Gasteiger charge is 2.15. The standard InChI is InChI=1S/C22H21N3O5S3/c1-3-11-31-15-21(26)30-19-9-4-16(13-20(19)29-2)14-24-17-5-7-18(8-6-17)33(27,28)25-22-23-10-12-32-22/h3-10,12-14H,1,11,15H2,2H3,(H,23,25). The van der Waals surface area contributed by atoms with Crippen LogP contribution in [0.15, 0.2) is 76.6 Å². The van der Waals surface area contributed by atoms with Crippen LogP contribution < -0.4 is 14.2 Å². The lowest BCUT2D eigenvalue weighted by atomic mass is 10.2. The molecule has 1 N–H and O–H groups in total. The fourth-order valence-electron chi connectivity index (χ4n) is 2.53. The lowest BCUT2D eigenvalue weighted by Crippen LogP contribution is -2.12.